The van der Waals surface area contributed by atoms with E-state index in [9.17, 15) is 9.59 Å². The monoisotopic (exact) mass is 478 g/mol. The Morgan fingerprint density at radius 2 is 1.47 bits per heavy atom. The van der Waals surface area contributed by atoms with Gasteiger partial charge >= 0.3 is 0 Å². The standard InChI is InChI=1S/C27H27ClN2O4/c1-3-33-23-17-22(30-26(32)27(13-14-27)19-11-8-12-20(28)15-19)24(34-4-2)16-21(23)29-25(31)18-9-6-5-7-10-18/h5-12,15-17H,3-4,13-14H2,1-2H3,(H,29,31)(H,30,32). The highest BCUT2D eigenvalue weighted by atomic mass is 35.5. The molecule has 34 heavy (non-hydrogen) atoms. The van der Waals surface area contributed by atoms with Crippen molar-refractivity contribution in [3.63, 3.8) is 0 Å². The quantitative estimate of drug-likeness (QED) is 0.392. The van der Waals surface area contributed by atoms with Crippen LogP contribution in [-0.4, -0.2) is 25.0 Å². The lowest BCUT2D eigenvalue weighted by molar-refractivity contribution is -0.118. The van der Waals surface area contributed by atoms with Crippen LogP contribution < -0.4 is 20.1 Å². The summed E-state index contributed by atoms with van der Waals surface area (Å²) in [5.41, 5.74) is 1.76. The van der Waals surface area contributed by atoms with Crippen LogP contribution in [0.1, 0.15) is 42.6 Å². The van der Waals surface area contributed by atoms with Crippen LogP contribution in [0, 0.1) is 0 Å². The van der Waals surface area contributed by atoms with Gasteiger partial charge in [-0.1, -0.05) is 41.9 Å². The Hall–Kier alpha value is -3.51. The minimum atomic E-state index is -0.611. The zero-order chi connectivity index (χ0) is 24.1. The van der Waals surface area contributed by atoms with Crippen LogP contribution in [0.15, 0.2) is 66.7 Å². The molecule has 1 fully saturated rings. The first-order valence-corrected chi connectivity index (χ1v) is 11.7. The highest BCUT2D eigenvalue weighted by molar-refractivity contribution is 6.30. The third kappa shape index (κ3) is 5.02. The third-order valence-corrected chi connectivity index (χ3v) is 6.01. The van der Waals surface area contributed by atoms with Crippen molar-refractivity contribution in [1.82, 2.24) is 0 Å². The fourth-order valence-electron chi connectivity index (χ4n) is 3.89. The maximum absolute atomic E-state index is 13.4. The van der Waals surface area contributed by atoms with E-state index in [2.05, 4.69) is 10.6 Å². The molecule has 0 radical (unpaired) electrons. The first kappa shape index (κ1) is 23.6. The molecule has 0 aliphatic heterocycles. The molecule has 0 aromatic heterocycles. The highest BCUT2D eigenvalue weighted by Crippen LogP contribution is 2.50. The van der Waals surface area contributed by atoms with Crippen molar-refractivity contribution in [3.05, 3.63) is 82.9 Å². The van der Waals surface area contributed by atoms with Crippen LogP contribution in [-0.2, 0) is 10.2 Å². The van der Waals surface area contributed by atoms with Gasteiger partial charge in [0.2, 0.25) is 5.91 Å². The second-order valence-corrected chi connectivity index (χ2v) is 8.51. The molecule has 0 spiro atoms. The Morgan fingerprint density at radius 3 is 2.03 bits per heavy atom. The van der Waals surface area contributed by atoms with Crippen LogP contribution in [0.2, 0.25) is 5.02 Å². The lowest BCUT2D eigenvalue weighted by atomic mass is 9.95. The van der Waals surface area contributed by atoms with E-state index in [4.69, 9.17) is 21.1 Å². The Bertz CT molecular complexity index is 1190. The summed E-state index contributed by atoms with van der Waals surface area (Å²) in [6.07, 6.45) is 1.49. The van der Waals surface area contributed by atoms with E-state index >= 15 is 0 Å². The van der Waals surface area contributed by atoms with Gasteiger partial charge in [0.05, 0.1) is 30.0 Å². The largest absolute Gasteiger partial charge is 0.492 e. The number of ether oxygens (including phenoxy) is 2. The van der Waals surface area contributed by atoms with Crippen molar-refractivity contribution >= 4 is 34.8 Å². The van der Waals surface area contributed by atoms with Crippen LogP contribution in [0.3, 0.4) is 0 Å². The minimum absolute atomic E-state index is 0.126. The van der Waals surface area contributed by atoms with Crippen LogP contribution >= 0.6 is 11.6 Å². The molecule has 3 aromatic rings. The molecular formula is C27H27ClN2O4. The number of halogens is 1. The van der Waals surface area contributed by atoms with Gasteiger partial charge in [0, 0.05) is 22.7 Å². The van der Waals surface area contributed by atoms with Crippen molar-refractivity contribution in [2.24, 2.45) is 0 Å². The number of hydrogen-bond acceptors (Lipinski definition) is 4. The summed E-state index contributed by atoms with van der Waals surface area (Å²) in [4.78, 5) is 26.1. The number of rotatable bonds is 9. The molecule has 176 valence electrons. The predicted molar refractivity (Wildman–Crippen MR) is 134 cm³/mol. The van der Waals surface area contributed by atoms with E-state index in [0.29, 0.717) is 46.7 Å². The summed E-state index contributed by atoms with van der Waals surface area (Å²) < 4.78 is 11.6. The first-order chi connectivity index (χ1) is 16.5. The van der Waals surface area contributed by atoms with E-state index in [1.54, 1.807) is 42.5 Å². The summed E-state index contributed by atoms with van der Waals surface area (Å²) in [7, 11) is 0. The van der Waals surface area contributed by atoms with Gasteiger partial charge in [-0.25, -0.2) is 0 Å². The minimum Gasteiger partial charge on any atom is -0.492 e. The number of carbonyl (C=O) groups excluding carboxylic acids is 2. The van der Waals surface area contributed by atoms with Crippen molar-refractivity contribution in [2.75, 3.05) is 23.8 Å². The maximum atomic E-state index is 13.4. The number of carbonyl (C=O) groups is 2. The van der Waals surface area contributed by atoms with Crippen molar-refractivity contribution in [3.8, 4) is 11.5 Å². The number of anilines is 2. The lowest BCUT2D eigenvalue weighted by Crippen LogP contribution is -2.28. The summed E-state index contributed by atoms with van der Waals surface area (Å²) in [5.74, 6) is 0.501. The molecule has 0 heterocycles. The highest BCUT2D eigenvalue weighted by Gasteiger charge is 2.51. The smallest absolute Gasteiger partial charge is 0.255 e. The molecule has 3 aromatic carbocycles. The Morgan fingerprint density at radius 1 is 0.853 bits per heavy atom. The maximum Gasteiger partial charge on any atom is 0.255 e. The fourth-order valence-corrected chi connectivity index (χ4v) is 4.08. The molecule has 6 nitrogen and oxygen atoms in total. The summed E-state index contributed by atoms with van der Waals surface area (Å²) in [5, 5.41) is 6.52. The van der Waals surface area contributed by atoms with Gasteiger partial charge in [0.15, 0.2) is 0 Å². The second kappa shape index (κ2) is 10.2. The van der Waals surface area contributed by atoms with Gasteiger partial charge in [-0.05, 0) is 56.5 Å². The Kier molecular flexibility index (Phi) is 7.08. The van der Waals surface area contributed by atoms with Crippen LogP contribution in [0.25, 0.3) is 0 Å². The molecule has 0 saturated heterocycles. The van der Waals surface area contributed by atoms with E-state index in [1.807, 2.05) is 38.1 Å². The molecule has 0 unspecified atom stereocenters. The molecule has 0 atom stereocenters. The average molecular weight is 479 g/mol. The predicted octanol–water partition coefficient (Wildman–Crippen LogP) is 6.06. The second-order valence-electron chi connectivity index (χ2n) is 8.08. The topological polar surface area (TPSA) is 76.7 Å². The fraction of sp³-hybridized carbons (Fsp3) is 0.259. The van der Waals surface area contributed by atoms with Gasteiger partial charge in [0.1, 0.15) is 11.5 Å². The van der Waals surface area contributed by atoms with E-state index in [-0.39, 0.29) is 11.8 Å². The van der Waals surface area contributed by atoms with Gasteiger partial charge in [-0.2, -0.15) is 0 Å². The van der Waals surface area contributed by atoms with Gasteiger partial charge in [-0.15, -0.1) is 0 Å². The molecular weight excluding hydrogens is 452 g/mol. The average Bonchev–Trinajstić information content (AvgIpc) is 3.65. The zero-order valence-corrected chi connectivity index (χ0v) is 19.9. The number of benzene rings is 3. The number of nitrogens with one attached hydrogen (secondary N) is 2. The summed E-state index contributed by atoms with van der Waals surface area (Å²) >= 11 is 6.17. The van der Waals surface area contributed by atoms with Gasteiger partial charge in [-0.3, -0.25) is 9.59 Å². The molecule has 2 N–H and O–H groups in total. The normalized spacial score (nSPS) is 13.6. The van der Waals surface area contributed by atoms with E-state index in [0.717, 1.165) is 18.4 Å². The van der Waals surface area contributed by atoms with Crippen LogP contribution in [0.4, 0.5) is 11.4 Å². The summed E-state index contributed by atoms with van der Waals surface area (Å²) in [6.45, 7) is 4.50. The summed E-state index contributed by atoms with van der Waals surface area (Å²) in [6, 6.07) is 19.7. The van der Waals surface area contributed by atoms with E-state index < -0.39 is 5.41 Å². The molecule has 0 bridgehead atoms. The van der Waals surface area contributed by atoms with Crippen molar-refractivity contribution < 1.29 is 19.1 Å². The van der Waals surface area contributed by atoms with E-state index in [1.165, 1.54) is 0 Å². The Labute approximate surface area is 204 Å². The molecule has 2 amide bonds. The Balaban J connectivity index is 1.64. The number of hydrogen-bond donors (Lipinski definition) is 2. The first-order valence-electron chi connectivity index (χ1n) is 11.3. The molecule has 1 saturated carbocycles. The molecule has 1 aliphatic carbocycles. The third-order valence-electron chi connectivity index (χ3n) is 5.78. The lowest BCUT2D eigenvalue weighted by Gasteiger charge is -2.20. The van der Waals surface area contributed by atoms with Crippen molar-refractivity contribution in [2.45, 2.75) is 32.1 Å². The SMILES string of the molecule is CCOc1cc(NC(=O)C2(c3cccc(Cl)c3)CC2)c(OCC)cc1NC(=O)c1ccccc1. The molecule has 7 heteroatoms. The van der Waals surface area contributed by atoms with Crippen LogP contribution in [0.5, 0.6) is 11.5 Å². The molecule has 1 aliphatic rings. The zero-order valence-electron chi connectivity index (χ0n) is 19.2. The number of amides is 2. The van der Waals surface area contributed by atoms with Gasteiger partial charge in [0.25, 0.3) is 5.91 Å². The van der Waals surface area contributed by atoms with Crippen molar-refractivity contribution in [1.29, 1.82) is 0 Å². The molecule has 4 rings (SSSR count). The van der Waals surface area contributed by atoms with Gasteiger partial charge < -0.3 is 20.1 Å².